The number of benzene rings is 1. The summed E-state index contributed by atoms with van der Waals surface area (Å²) in [7, 11) is 3.46. The largest absolute Gasteiger partial charge is 0.497 e. The van der Waals surface area contributed by atoms with Crippen LogP contribution in [0.3, 0.4) is 0 Å². The topological polar surface area (TPSA) is 44.1 Å². The van der Waals surface area contributed by atoms with E-state index >= 15 is 0 Å². The number of ether oxygens (including phenoxy) is 1. The van der Waals surface area contributed by atoms with E-state index in [0.717, 1.165) is 27.2 Å². The van der Waals surface area contributed by atoms with Crippen LogP contribution in [0.1, 0.15) is 27.3 Å². The first-order valence-electron chi connectivity index (χ1n) is 6.30. The highest BCUT2D eigenvalue weighted by Gasteiger charge is 2.18. The molecular weight excluding hydrogens is 320 g/mol. The summed E-state index contributed by atoms with van der Waals surface area (Å²) >= 11 is 3.47. The van der Waals surface area contributed by atoms with Crippen LogP contribution in [0.5, 0.6) is 5.75 Å². The molecule has 0 fully saturated rings. The minimum atomic E-state index is 0.0713. The maximum absolute atomic E-state index is 12.5. The van der Waals surface area contributed by atoms with E-state index in [0.29, 0.717) is 12.0 Å². The van der Waals surface area contributed by atoms with Crippen LogP contribution in [0, 0.1) is 13.8 Å². The van der Waals surface area contributed by atoms with Gasteiger partial charge in [-0.25, -0.2) is 0 Å². The van der Waals surface area contributed by atoms with Gasteiger partial charge in [0.05, 0.1) is 18.4 Å². The van der Waals surface area contributed by atoms with Crippen molar-refractivity contribution in [3.63, 3.8) is 0 Å². The van der Waals surface area contributed by atoms with Crippen LogP contribution >= 0.6 is 15.9 Å². The van der Waals surface area contributed by atoms with Crippen molar-refractivity contribution >= 4 is 21.7 Å². The molecule has 0 aliphatic carbocycles. The Morgan fingerprint density at radius 1 is 1.40 bits per heavy atom. The molecule has 5 heteroatoms. The first-order valence-corrected chi connectivity index (χ1v) is 7.09. The fraction of sp³-hybridized carbons (Fsp3) is 0.333. The maximum Gasteiger partial charge on any atom is 0.170 e. The Morgan fingerprint density at radius 2 is 2.10 bits per heavy atom. The van der Waals surface area contributed by atoms with Crippen molar-refractivity contribution in [2.45, 2.75) is 20.3 Å². The van der Waals surface area contributed by atoms with E-state index in [1.165, 1.54) is 0 Å². The second kappa shape index (κ2) is 5.79. The van der Waals surface area contributed by atoms with E-state index in [-0.39, 0.29) is 5.78 Å². The molecule has 0 unspecified atom stereocenters. The highest BCUT2D eigenvalue weighted by Crippen LogP contribution is 2.25. The monoisotopic (exact) mass is 336 g/mol. The van der Waals surface area contributed by atoms with Crippen molar-refractivity contribution in [3.05, 3.63) is 45.2 Å². The van der Waals surface area contributed by atoms with Crippen molar-refractivity contribution < 1.29 is 9.53 Å². The molecule has 0 saturated carbocycles. The van der Waals surface area contributed by atoms with E-state index in [4.69, 9.17) is 4.74 Å². The molecule has 4 nitrogen and oxygen atoms in total. The van der Waals surface area contributed by atoms with Gasteiger partial charge in [0.25, 0.3) is 0 Å². The zero-order valence-electron chi connectivity index (χ0n) is 12.0. The van der Waals surface area contributed by atoms with Crippen molar-refractivity contribution in [3.8, 4) is 5.75 Å². The smallest absolute Gasteiger partial charge is 0.170 e. The van der Waals surface area contributed by atoms with E-state index in [2.05, 4.69) is 21.0 Å². The van der Waals surface area contributed by atoms with Gasteiger partial charge in [-0.05, 0) is 37.6 Å². The summed E-state index contributed by atoms with van der Waals surface area (Å²) in [5.41, 5.74) is 3.29. The van der Waals surface area contributed by atoms with Crippen molar-refractivity contribution in [1.29, 1.82) is 0 Å². The Balaban J connectivity index is 2.32. The number of Topliss-reactive ketones (excluding diaryl/α,β-unsaturated/α-hetero) is 1. The molecule has 0 radical (unpaired) electrons. The van der Waals surface area contributed by atoms with Gasteiger partial charge in [-0.1, -0.05) is 15.9 Å². The van der Waals surface area contributed by atoms with Crippen LogP contribution in [-0.4, -0.2) is 22.7 Å². The van der Waals surface area contributed by atoms with Crippen molar-refractivity contribution in [2.24, 2.45) is 7.05 Å². The normalized spacial score (nSPS) is 10.7. The summed E-state index contributed by atoms with van der Waals surface area (Å²) in [5, 5.41) is 4.29. The number of hydrogen-bond donors (Lipinski definition) is 0. The van der Waals surface area contributed by atoms with Gasteiger partial charge in [0.15, 0.2) is 5.78 Å². The molecule has 106 valence electrons. The standard InChI is InChI=1S/C15H17BrN2O2/c1-9-15(10(2)18(3)17-9)14(19)8-11-7-12(20-4)5-6-13(11)16/h5-7H,8H2,1-4H3. The Hall–Kier alpha value is -1.62. The zero-order chi connectivity index (χ0) is 14.9. The van der Waals surface area contributed by atoms with Crippen LogP contribution in [0.25, 0.3) is 0 Å². The number of halogens is 1. The van der Waals surface area contributed by atoms with E-state index < -0.39 is 0 Å². The number of ketones is 1. The minimum Gasteiger partial charge on any atom is -0.497 e. The molecule has 0 aliphatic heterocycles. The highest BCUT2D eigenvalue weighted by molar-refractivity contribution is 9.10. The Labute approximate surface area is 126 Å². The molecule has 1 aromatic carbocycles. The van der Waals surface area contributed by atoms with Gasteiger partial charge in [-0.3, -0.25) is 9.48 Å². The maximum atomic E-state index is 12.5. The Morgan fingerprint density at radius 3 is 2.65 bits per heavy atom. The van der Waals surface area contributed by atoms with Gasteiger partial charge in [0.2, 0.25) is 0 Å². The molecular formula is C15H17BrN2O2. The van der Waals surface area contributed by atoms with Gasteiger partial charge >= 0.3 is 0 Å². The summed E-state index contributed by atoms with van der Waals surface area (Å²) in [6.07, 6.45) is 0.325. The van der Waals surface area contributed by atoms with Crippen LogP contribution in [0.15, 0.2) is 22.7 Å². The lowest BCUT2D eigenvalue weighted by Crippen LogP contribution is -2.07. The second-order valence-electron chi connectivity index (χ2n) is 4.73. The predicted octanol–water partition coefficient (Wildman–Crippen LogP) is 3.23. The van der Waals surface area contributed by atoms with Gasteiger partial charge in [-0.15, -0.1) is 0 Å². The molecule has 0 spiro atoms. The number of hydrogen-bond acceptors (Lipinski definition) is 3. The van der Waals surface area contributed by atoms with E-state index in [9.17, 15) is 4.79 Å². The van der Waals surface area contributed by atoms with Crippen molar-refractivity contribution in [2.75, 3.05) is 7.11 Å². The lowest BCUT2D eigenvalue weighted by atomic mass is 10.0. The summed E-state index contributed by atoms with van der Waals surface area (Å²) in [6, 6.07) is 5.63. The summed E-state index contributed by atoms with van der Waals surface area (Å²) in [5.74, 6) is 0.817. The average molecular weight is 337 g/mol. The Bertz CT molecular complexity index is 662. The first-order chi connectivity index (χ1) is 9.43. The molecule has 20 heavy (non-hydrogen) atoms. The molecule has 0 amide bonds. The highest BCUT2D eigenvalue weighted by atomic mass is 79.9. The lowest BCUT2D eigenvalue weighted by molar-refractivity contribution is 0.0991. The Kier molecular flexibility index (Phi) is 4.28. The third kappa shape index (κ3) is 2.77. The molecule has 0 aliphatic rings. The lowest BCUT2D eigenvalue weighted by Gasteiger charge is -2.07. The zero-order valence-corrected chi connectivity index (χ0v) is 13.6. The van der Waals surface area contributed by atoms with Gasteiger partial charge in [0, 0.05) is 23.6 Å². The van der Waals surface area contributed by atoms with Gasteiger partial charge in [-0.2, -0.15) is 5.10 Å². The van der Waals surface area contributed by atoms with Crippen LogP contribution < -0.4 is 4.74 Å². The number of aryl methyl sites for hydroxylation is 2. The predicted molar refractivity (Wildman–Crippen MR) is 81.4 cm³/mol. The number of methoxy groups -OCH3 is 1. The molecule has 0 N–H and O–H groups in total. The molecule has 0 atom stereocenters. The summed E-state index contributed by atoms with van der Waals surface area (Å²) in [4.78, 5) is 12.5. The van der Waals surface area contributed by atoms with Crippen LogP contribution in [0.2, 0.25) is 0 Å². The second-order valence-corrected chi connectivity index (χ2v) is 5.58. The van der Waals surface area contributed by atoms with E-state index in [1.807, 2.05) is 39.1 Å². The third-order valence-corrected chi connectivity index (χ3v) is 4.17. The minimum absolute atomic E-state index is 0.0713. The average Bonchev–Trinajstić information content (AvgIpc) is 2.66. The van der Waals surface area contributed by atoms with E-state index in [1.54, 1.807) is 11.8 Å². The number of nitrogens with zero attached hydrogens (tertiary/aromatic N) is 2. The third-order valence-electron chi connectivity index (χ3n) is 3.39. The van der Waals surface area contributed by atoms with Crippen molar-refractivity contribution in [1.82, 2.24) is 9.78 Å². The quantitative estimate of drug-likeness (QED) is 0.805. The summed E-state index contributed by atoms with van der Waals surface area (Å²) < 4.78 is 7.85. The molecule has 0 saturated heterocycles. The fourth-order valence-corrected chi connectivity index (χ4v) is 2.64. The number of carbonyl (C=O) groups is 1. The molecule has 0 bridgehead atoms. The number of carbonyl (C=O) groups excluding carboxylic acids is 1. The first kappa shape index (κ1) is 14.8. The fourth-order valence-electron chi connectivity index (χ4n) is 2.25. The van der Waals surface area contributed by atoms with Crippen LogP contribution in [-0.2, 0) is 13.5 Å². The van der Waals surface area contributed by atoms with Gasteiger partial charge in [0.1, 0.15) is 5.75 Å². The molecule has 2 rings (SSSR count). The molecule has 1 heterocycles. The summed E-state index contributed by atoms with van der Waals surface area (Å²) in [6.45, 7) is 3.77. The number of rotatable bonds is 4. The van der Waals surface area contributed by atoms with Gasteiger partial charge < -0.3 is 4.74 Å². The molecule has 1 aromatic heterocycles. The van der Waals surface area contributed by atoms with Crippen LogP contribution in [0.4, 0.5) is 0 Å². The SMILES string of the molecule is COc1ccc(Br)c(CC(=O)c2c(C)nn(C)c2C)c1. The number of aromatic nitrogens is 2. The molecule has 2 aromatic rings.